The molecule has 1 unspecified atom stereocenters. The van der Waals surface area contributed by atoms with Gasteiger partial charge in [-0.2, -0.15) is 5.10 Å². The van der Waals surface area contributed by atoms with Crippen molar-refractivity contribution in [1.29, 1.82) is 0 Å². The third-order valence-corrected chi connectivity index (χ3v) is 3.09. The fourth-order valence-corrected chi connectivity index (χ4v) is 1.77. The number of hydrogen-bond donors (Lipinski definition) is 4. The number of benzene rings is 1. The van der Waals surface area contributed by atoms with Crippen molar-refractivity contribution < 1.29 is 14.3 Å². The van der Waals surface area contributed by atoms with Gasteiger partial charge in [-0.15, -0.1) is 0 Å². The third-order valence-electron chi connectivity index (χ3n) is 2.78. The minimum atomic E-state index is -1.02. The van der Waals surface area contributed by atoms with E-state index >= 15 is 0 Å². The minimum Gasteiger partial charge on any atom is -0.387 e. The lowest BCUT2D eigenvalue weighted by atomic mass is 10.1. The Kier molecular flexibility index (Phi) is 5.13. The lowest BCUT2D eigenvalue weighted by Gasteiger charge is -2.13. The Hall–Kier alpha value is -2.12. The van der Waals surface area contributed by atoms with Crippen LogP contribution < -0.4 is 10.6 Å². The molecule has 1 aromatic carbocycles. The highest BCUT2D eigenvalue weighted by atomic mass is 35.5. The first kappa shape index (κ1) is 15.3. The van der Waals surface area contributed by atoms with Gasteiger partial charge in [0.05, 0.1) is 23.4 Å². The summed E-state index contributed by atoms with van der Waals surface area (Å²) in [6, 6.07) is 5.27. The smallest absolute Gasteiger partial charge is 0.315 e. The summed E-state index contributed by atoms with van der Waals surface area (Å²) in [5, 5.41) is 21.4. The topological polar surface area (TPSA) is 90.0 Å². The number of aromatic nitrogens is 2. The van der Waals surface area contributed by atoms with Crippen LogP contribution in [0.4, 0.5) is 9.18 Å². The van der Waals surface area contributed by atoms with E-state index in [2.05, 4.69) is 20.8 Å². The summed E-state index contributed by atoms with van der Waals surface area (Å²) in [6.07, 6.45) is 0.558. The summed E-state index contributed by atoms with van der Waals surface area (Å²) >= 11 is 5.56. The van der Waals surface area contributed by atoms with E-state index in [0.29, 0.717) is 5.56 Å². The van der Waals surface area contributed by atoms with E-state index in [1.807, 2.05) is 0 Å². The van der Waals surface area contributed by atoms with E-state index in [-0.39, 0.29) is 18.1 Å². The molecular formula is C13H14ClFN4O2. The summed E-state index contributed by atoms with van der Waals surface area (Å²) in [6.45, 7) is 0.243. The molecule has 1 aromatic heterocycles. The largest absolute Gasteiger partial charge is 0.387 e. The minimum absolute atomic E-state index is 0.0174. The van der Waals surface area contributed by atoms with E-state index < -0.39 is 18.0 Å². The molecular weight excluding hydrogens is 299 g/mol. The summed E-state index contributed by atoms with van der Waals surface area (Å²) in [4.78, 5) is 11.5. The molecule has 8 heteroatoms. The molecule has 0 spiro atoms. The van der Waals surface area contributed by atoms with Gasteiger partial charge >= 0.3 is 6.03 Å². The number of halogens is 2. The van der Waals surface area contributed by atoms with Crippen LogP contribution in [-0.4, -0.2) is 27.9 Å². The van der Waals surface area contributed by atoms with Gasteiger partial charge in [-0.05, 0) is 23.8 Å². The molecule has 2 aromatic rings. The summed E-state index contributed by atoms with van der Waals surface area (Å²) < 4.78 is 13.3. The zero-order valence-electron chi connectivity index (χ0n) is 10.9. The fourth-order valence-electron chi connectivity index (χ4n) is 1.65. The van der Waals surface area contributed by atoms with Crippen LogP contribution >= 0.6 is 11.6 Å². The number of aromatic amines is 1. The Labute approximate surface area is 125 Å². The van der Waals surface area contributed by atoms with Crippen LogP contribution in [0.25, 0.3) is 0 Å². The van der Waals surface area contributed by atoms with E-state index in [1.54, 1.807) is 12.3 Å². The number of nitrogens with zero attached hydrogens (tertiary/aromatic N) is 1. The number of nitrogens with one attached hydrogen (secondary N) is 3. The standard InChI is InChI=1S/C13H14ClFN4O2/c14-10-2-1-8(5-11(10)15)12(20)7-17-13(21)16-6-9-3-4-18-19-9/h1-5,12,20H,6-7H2,(H,18,19)(H2,16,17,21). The Morgan fingerprint density at radius 2 is 2.24 bits per heavy atom. The zero-order chi connectivity index (χ0) is 15.2. The highest BCUT2D eigenvalue weighted by Gasteiger charge is 2.11. The second-order valence-electron chi connectivity index (χ2n) is 4.33. The van der Waals surface area contributed by atoms with E-state index in [9.17, 15) is 14.3 Å². The van der Waals surface area contributed by atoms with Crippen molar-refractivity contribution in [2.75, 3.05) is 6.54 Å². The first-order chi connectivity index (χ1) is 10.1. The molecule has 2 amide bonds. The maximum atomic E-state index is 13.3. The van der Waals surface area contributed by atoms with E-state index in [4.69, 9.17) is 11.6 Å². The Morgan fingerprint density at radius 3 is 2.90 bits per heavy atom. The fraction of sp³-hybridized carbons (Fsp3) is 0.231. The molecule has 6 nitrogen and oxygen atoms in total. The van der Waals surface area contributed by atoms with Crippen molar-refractivity contribution in [3.8, 4) is 0 Å². The molecule has 1 heterocycles. The molecule has 0 saturated carbocycles. The molecule has 0 aliphatic heterocycles. The van der Waals surface area contributed by atoms with Crippen molar-refractivity contribution in [1.82, 2.24) is 20.8 Å². The average molecular weight is 313 g/mol. The maximum absolute atomic E-state index is 13.3. The van der Waals surface area contributed by atoms with E-state index in [0.717, 1.165) is 11.8 Å². The van der Waals surface area contributed by atoms with Crippen LogP contribution in [0.2, 0.25) is 5.02 Å². The maximum Gasteiger partial charge on any atom is 0.315 e. The van der Waals surface area contributed by atoms with Gasteiger partial charge in [0.15, 0.2) is 0 Å². The normalized spacial score (nSPS) is 12.0. The Morgan fingerprint density at radius 1 is 1.43 bits per heavy atom. The SMILES string of the molecule is O=C(NCc1ccn[nH]1)NCC(O)c1ccc(Cl)c(F)c1. The lowest BCUT2D eigenvalue weighted by Crippen LogP contribution is -2.37. The molecule has 0 aliphatic carbocycles. The Bertz CT molecular complexity index is 606. The van der Waals surface area contributed by atoms with Crippen LogP contribution in [0.5, 0.6) is 0 Å². The zero-order valence-corrected chi connectivity index (χ0v) is 11.7. The van der Waals surface area contributed by atoms with Crippen molar-refractivity contribution >= 4 is 17.6 Å². The predicted molar refractivity (Wildman–Crippen MR) is 75.2 cm³/mol. The number of carbonyl (C=O) groups is 1. The predicted octanol–water partition coefficient (Wildman–Crippen LogP) is 1.73. The third kappa shape index (κ3) is 4.44. The molecule has 4 N–H and O–H groups in total. The summed E-state index contributed by atoms with van der Waals surface area (Å²) in [5.74, 6) is -0.614. The van der Waals surface area contributed by atoms with Crippen LogP contribution in [0.3, 0.4) is 0 Å². The average Bonchev–Trinajstić information content (AvgIpc) is 2.98. The molecule has 112 valence electrons. The van der Waals surface area contributed by atoms with E-state index in [1.165, 1.54) is 12.1 Å². The second-order valence-corrected chi connectivity index (χ2v) is 4.74. The number of rotatable bonds is 5. The monoisotopic (exact) mass is 312 g/mol. The number of aliphatic hydroxyl groups is 1. The molecule has 2 rings (SSSR count). The first-order valence-electron chi connectivity index (χ1n) is 6.19. The van der Waals surface area contributed by atoms with Crippen molar-refractivity contribution in [2.45, 2.75) is 12.6 Å². The van der Waals surface area contributed by atoms with Gasteiger partial charge in [0.2, 0.25) is 0 Å². The van der Waals surface area contributed by atoms with Crippen LogP contribution in [0.15, 0.2) is 30.5 Å². The molecule has 1 atom stereocenters. The second kappa shape index (κ2) is 7.05. The first-order valence-corrected chi connectivity index (χ1v) is 6.57. The number of urea groups is 1. The van der Waals surface area contributed by atoms with Gasteiger partial charge in [0, 0.05) is 12.7 Å². The number of H-pyrrole nitrogens is 1. The molecule has 21 heavy (non-hydrogen) atoms. The van der Waals surface area contributed by atoms with Gasteiger partial charge in [-0.1, -0.05) is 17.7 Å². The Balaban J connectivity index is 1.78. The van der Waals surface area contributed by atoms with Crippen molar-refractivity contribution in [2.24, 2.45) is 0 Å². The van der Waals surface area contributed by atoms with Crippen LogP contribution in [0, 0.1) is 5.82 Å². The van der Waals surface area contributed by atoms with Crippen molar-refractivity contribution in [3.05, 3.63) is 52.6 Å². The molecule has 0 saturated heterocycles. The van der Waals surface area contributed by atoms with Crippen molar-refractivity contribution in [3.63, 3.8) is 0 Å². The highest BCUT2D eigenvalue weighted by molar-refractivity contribution is 6.30. The molecule has 0 radical (unpaired) electrons. The summed E-state index contributed by atoms with van der Waals surface area (Å²) in [5.41, 5.74) is 1.09. The van der Waals surface area contributed by atoms with Gasteiger partial charge in [0.1, 0.15) is 5.82 Å². The lowest BCUT2D eigenvalue weighted by molar-refractivity contribution is 0.172. The number of aliphatic hydroxyl groups excluding tert-OH is 1. The number of carbonyl (C=O) groups excluding carboxylic acids is 1. The quantitative estimate of drug-likeness (QED) is 0.678. The number of amides is 2. The van der Waals surface area contributed by atoms with Gasteiger partial charge in [0.25, 0.3) is 0 Å². The van der Waals surface area contributed by atoms with Gasteiger partial charge in [-0.3, -0.25) is 5.10 Å². The number of hydrogen-bond acceptors (Lipinski definition) is 3. The molecule has 0 aliphatic rings. The molecule has 0 fully saturated rings. The summed E-state index contributed by atoms with van der Waals surface area (Å²) in [7, 11) is 0. The van der Waals surface area contributed by atoms with Gasteiger partial charge in [-0.25, -0.2) is 9.18 Å². The van der Waals surface area contributed by atoms with Gasteiger partial charge < -0.3 is 15.7 Å². The highest BCUT2D eigenvalue weighted by Crippen LogP contribution is 2.19. The van der Waals surface area contributed by atoms with Crippen LogP contribution in [-0.2, 0) is 6.54 Å². The van der Waals surface area contributed by atoms with Crippen LogP contribution in [0.1, 0.15) is 17.4 Å². The molecule has 0 bridgehead atoms.